The van der Waals surface area contributed by atoms with Gasteiger partial charge in [0.05, 0.1) is 17.9 Å². The van der Waals surface area contributed by atoms with Gasteiger partial charge in [0.15, 0.2) is 0 Å². The summed E-state index contributed by atoms with van der Waals surface area (Å²) in [7, 11) is 0. The predicted molar refractivity (Wildman–Crippen MR) is 93.5 cm³/mol. The van der Waals surface area contributed by atoms with Crippen LogP contribution in [0.1, 0.15) is 47.1 Å². The normalized spacial score (nSPS) is 12.0. The molecular weight excluding hydrogens is 326 g/mol. The first-order chi connectivity index (χ1) is 11.4. The van der Waals surface area contributed by atoms with Crippen molar-refractivity contribution in [2.24, 2.45) is 0 Å². The molecule has 1 heterocycles. The van der Waals surface area contributed by atoms with E-state index in [0.717, 1.165) is 11.3 Å². The van der Waals surface area contributed by atoms with Gasteiger partial charge in [0, 0.05) is 10.5 Å². The van der Waals surface area contributed by atoms with Gasteiger partial charge in [-0.2, -0.15) is 0 Å². The summed E-state index contributed by atoms with van der Waals surface area (Å²) in [6.45, 7) is 5.72. The Balaban J connectivity index is 2.11. The number of carboxylic acids is 1. The maximum Gasteiger partial charge on any atom is 0.311 e. The zero-order valence-electron chi connectivity index (χ0n) is 14.0. The molecule has 0 saturated carbocycles. The molecule has 2 N–H and O–H groups in total. The van der Waals surface area contributed by atoms with Gasteiger partial charge < -0.3 is 14.8 Å². The topological polar surface area (TPSA) is 79.5 Å². The zero-order chi connectivity index (χ0) is 17.7. The first-order valence-electron chi connectivity index (χ1n) is 7.74. The van der Waals surface area contributed by atoms with Gasteiger partial charge in [-0.05, 0) is 37.3 Å². The predicted octanol–water partition coefficient (Wildman–Crippen LogP) is 3.82. The number of carboxylic acid groups (broad SMARTS) is 1. The minimum atomic E-state index is -1.03. The van der Waals surface area contributed by atoms with Crippen LogP contribution >= 0.6 is 11.8 Å². The second-order valence-electron chi connectivity index (χ2n) is 5.48. The molecule has 0 fully saturated rings. The maximum absolute atomic E-state index is 12.5. The lowest BCUT2D eigenvalue weighted by Crippen LogP contribution is -2.28. The number of nitrogens with one attached hydrogen (secondary N) is 1. The van der Waals surface area contributed by atoms with Crippen LogP contribution in [0.2, 0.25) is 0 Å². The van der Waals surface area contributed by atoms with E-state index in [1.54, 1.807) is 18.7 Å². The Hall–Kier alpha value is -2.21. The SMILES string of the molecule is CCSc1ccc(C(C)NC(=O)c2c(C)coc2CC(=O)O)cc1. The summed E-state index contributed by atoms with van der Waals surface area (Å²) in [4.78, 5) is 24.6. The number of aliphatic carboxylic acids is 1. The third-order valence-corrected chi connectivity index (χ3v) is 4.52. The van der Waals surface area contributed by atoms with Crippen LogP contribution < -0.4 is 5.32 Å². The van der Waals surface area contributed by atoms with Crippen LogP contribution in [-0.2, 0) is 11.2 Å². The molecule has 1 aromatic heterocycles. The van der Waals surface area contributed by atoms with Crippen molar-refractivity contribution in [1.29, 1.82) is 0 Å². The minimum Gasteiger partial charge on any atom is -0.481 e. The van der Waals surface area contributed by atoms with Crippen molar-refractivity contribution in [1.82, 2.24) is 5.32 Å². The molecule has 128 valence electrons. The monoisotopic (exact) mass is 347 g/mol. The van der Waals surface area contributed by atoms with E-state index < -0.39 is 5.97 Å². The van der Waals surface area contributed by atoms with Gasteiger partial charge in [0.2, 0.25) is 0 Å². The van der Waals surface area contributed by atoms with Gasteiger partial charge in [-0.25, -0.2) is 0 Å². The molecule has 0 spiro atoms. The van der Waals surface area contributed by atoms with Crippen molar-refractivity contribution in [3.8, 4) is 0 Å². The van der Waals surface area contributed by atoms with Crippen molar-refractivity contribution in [3.63, 3.8) is 0 Å². The molecule has 0 aliphatic heterocycles. The van der Waals surface area contributed by atoms with Crippen LogP contribution in [0.3, 0.4) is 0 Å². The molecule has 0 aliphatic carbocycles. The Morgan fingerprint density at radius 2 is 1.96 bits per heavy atom. The maximum atomic E-state index is 12.5. The molecule has 0 saturated heterocycles. The molecule has 0 aliphatic rings. The van der Waals surface area contributed by atoms with E-state index in [0.29, 0.717) is 11.1 Å². The molecule has 24 heavy (non-hydrogen) atoms. The molecule has 1 aromatic carbocycles. The van der Waals surface area contributed by atoms with E-state index >= 15 is 0 Å². The molecule has 6 heteroatoms. The van der Waals surface area contributed by atoms with E-state index in [-0.39, 0.29) is 24.1 Å². The Morgan fingerprint density at radius 1 is 1.29 bits per heavy atom. The van der Waals surface area contributed by atoms with Gasteiger partial charge in [0.25, 0.3) is 5.91 Å². The lowest BCUT2D eigenvalue weighted by atomic mass is 10.1. The number of carbonyl (C=O) groups excluding carboxylic acids is 1. The summed E-state index contributed by atoms with van der Waals surface area (Å²) in [6.07, 6.45) is 1.10. The molecule has 1 amide bonds. The highest BCUT2D eigenvalue weighted by molar-refractivity contribution is 7.99. The average molecular weight is 347 g/mol. The quantitative estimate of drug-likeness (QED) is 0.744. The van der Waals surface area contributed by atoms with Crippen molar-refractivity contribution >= 4 is 23.6 Å². The van der Waals surface area contributed by atoms with Crippen molar-refractivity contribution in [2.45, 2.75) is 38.1 Å². The van der Waals surface area contributed by atoms with Crippen molar-refractivity contribution in [3.05, 3.63) is 53.0 Å². The summed E-state index contributed by atoms with van der Waals surface area (Å²) >= 11 is 1.76. The van der Waals surface area contributed by atoms with Crippen LogP contribution in [-0.4, -0.2) is 22.7 Å². The van der Waals surface area contributed by atoms with E-state index in [4.69, 9.17) is 9.52 Å². The summed E-state index contributed by atoms with van der Waals surface area (Å²) in [5, 5.41) is 11.8. The highest BCUT2D eigenvalue weighted by Crippen LogP contribution is 2.22. The smallest absolute Gasteiger partial charge is 0.311 e. The fraction of sp³-hybridized carbons (Fsp3) is 0.333. The molecule has 5 nitrogen and oxygen atoms in total. The Labute approximate surface area is 145 Å². The molecule has 2 aromatic rings. The molecule has 1 atom stereocenters. The summed E-state index contributed by atoms with van der Waals surface area (Å²) in [5.41, 5.74) is 1.93. The van der Waals surface area contributed by atoms with Crippen LogP contribution in [0.15, 0.2) is 39.8 Å². The number of amides is 1. The number of rotatable bonds is 7. The number of hydrogen-bond donors (Lipinski definition) is 2. The van der Waals surface area contributed by atoms with Gasteiger partial charge in [0.1, 0.15) is 12.2 Å². The third kappa shape index (κ3) is 4.41. The van der Waals surface area contributed by atoms with Gasteiger partial charge in [-0.15, -0.1) is 11.8 Å². The minimum absolute atomic E-state index is 0.180. The van der Waals surface area contributed by atoms with Crippen LogP contribution in [0.4, 0.5) is 0 Å². The molecule has 0 radical (unpaired) electrons. The fourth-order valence-corrected chi connectivity index (χ4v) is 3.10. The lowest BCUT2D eigenvalue weighted by Gasteiger charge is -2.15. The lowest BCUT2D eigenvalue weighted by molar-refractivity contribution is -0.136. The first-order valence-corrected chi connectivity index (χ1v) is 8.73. The van der Waals surface area contributed by atoms with E-state index in [1.807, 2.05) is 31.2 Å². The third-order valence-electron chi connectivity index (χ3n) is 3.63. The largest absolute Gasteiger partial charge is 0.481 e. The molecule has 2 rings (SSSR count). The Morgan fingerprint density at radius 3 is 2.54 bits per heavy atom. The molecule has 0 bridgehead atoms. The second kappa shape index (κ2) is 8.06. The highest BCUT2D eigenvalue weighted by atomic mass is 32.2. The summed E-state index contributed by atoms with van der Waals surface area (Å²) < 4.78 is 5.21. The second-order valence-corrected chi connectivity index (χ2v) is 6.82. The summed E-state index contributed by atoms with van der Waals surface area (Å²) in [5.74, 6) is -0.163. The average Bonchev–Trinajstić information content (AvgIpc) is 2.88. The van der Waals surface area contributed by atoms with Crippen molar-refractivity contribution < 1.29 is 19.1 Å². The van der Waals surface area contributed by atoms with E-state index in [2.05, 4.69) is 12.2 Å². The van der Waals surface area contributed by atoms with Crippen LogP contribution in [0.5, 0.6) is 0 Å². The highest BCUT2D eigenvalue weighted by Gasteiger charge is 2.22. The molecular formula is C18H21NO4S. The standard InChI is InChI=1S/C18H21NO4S/c1-4-24-14-7-5-13(6-8-14)12(3)19-18(22)17-11(2)10-23-15(17)9-16(20)21/h5-8,10,12H,4,9H2,1-3H3,(H,19,22)(H,20,21). The van der Waals surface area contributed by atoms with Gasteiger partial charge in [-0.1, -0.05) is 19.1 Å². The number of thioether (sulfide) groups is 1. The molecule has 1 unspecified atom stereocenters. The zero-order valence-corrected chi connectivity index (χ0v) is 14.8. The van der Waals surface area contributed by atoms with E-state index in [9.17, 15) is 9.59 Å². The number of aryl methyl sites for hydroxylation is 1. The van der Waals surface area contributed by atoms with Gasteiger partial charge in [-0.3, -0.25) is 9.59 Å². The van der Waals surface area contributed by atoms with E-state index in [1.165, 1.54) is 11.2 Å². The summed E-state index contributed by atoms with van der Waals surface area (Å²) in [6, 6.07) is 7.85. The Kier molecular flexibility index (Phi) is 6.09. The number of carbonyl (C=O) groups is 2. The van der Waals surface area contributed by atoms with Gasteiger partial charge >= 0.3 is 5.97 Å². The van der Waals surface area contributed by atoms with Crippen LogP contribution in [0.25, 0.3) is 0 Å². The first kappa shape index (κ1) is 18.1. The number of hydrogen-bond acceptors (Lipinski definition) is 4. The van der Waals surface area contributed by atoms with Crippen LogP contribution in [0, 0.1) is 6.92 Å². The number of benzene rings is 1. The van der Waals surface area contributed by atoms with Crippen molar-refractivity contribution in [2.75, 3.05) is 5.75 Å². The number of furan rings is 1. The Bertz CT molecular complexity index is 721. The fourth-order valence-electron chi connectivity index (χ4n) is 2.44.